The highest BCUT2D eigenvalue weighted by atomic mass is 79.9. The number of hydrogen-bond acceptors (Lipinski definition) is 2. The second kappa shape index (κ2) is 8.72. The van der Waals surface area contributed by atoms with Gasteiger partial charge in [0.15, 0.2) is 0 Å². The van der Waals surface area contributed by atoms with Crippen LogP contribution in [0.5, 0.6) is 0 Å². The molecule has 3 heteroatoms. The molecule has 0 saturated heterocycles. The number of rotatable bonds is 8. The minimum absolute atomic E-state index is 0.108. The van der Waals surface area contributed by atoms with Gasteiger partial charge in [0, 0.05) is 23.7 Å². The average molecular weight is 328 g/mol. The quantitative estimate of drug-likeness (QED) is 0.756. The number of benzene rings is 1. The minimum atomic E-state index is 0.108. The van der Waals surface area contributed by atoms with Crippen molar-refractivity contribution >= 4 is 15.9 Å². The molecule has 0 saturated carbocycles. The van der Waals surface area contributed by atoms with E-state index in [2.05, 4.69) is 67.1 Å². The fourth-order valence-corrected chi connectivity index (χ4v) is 2.32. The summed E-state index contributed by atoms with van der Waals surface area (Å²) in [6, 6.07) is 8.78. The standard InChI is InChI=1S/C16H26BrNO/c1-12(2)9-10-19-16(11-18-13(3)4)14-7-5-6-8-15(14)17/h5-8,12-13,16,18H,9-11H2,1-4H3. The van der Waals surface area contributed by atoms with Gasteiger partial charge in [0.25, 0.3) is 0 Å². The summed E-state index contributed by atoms with van der Waals surface area (Å²) < 4.78 is 7.20. The number of nitrogens with one attached hydrogen (secondary N) is 1. The third-order valence-corrected chi connectivity index (χ3v) is 3.70. The molecule has 0 aromatic heterocycles. The predicted molar refractivity (Wildman–Crippen MR) is 85.4 cm³/mol. The van der Waals surface area contributed by atoms with Gasteiger partial charge < -0.3 is 10.1 Å². The largest absolute Gasteiger partial charge is 0.372 e. The minimum Gasteiger partial charge on any atom is -0.372 e. The van der Waals surface area contributed by atoms with Gasteiger partial charge in [-0.1, -0.05) is 61.8 Å². The topological polar surface area (TPSA) is 21.3 Å². The van der Waals surface area contributed by atoms with Crippen molar-refractivity contribution in [3.05, 3.63) is 34.3 Å². The van der Waals surface area contributed by atoms with Crippen LogP contribution in [0.15, 0.2) is 28.7 Å². The summed E-state index contributed by atoms with van der Waals surface area (Å²) in [7, 11) is 0. The Bertz CT molecular complexity index is 366. The zero-order chi connectivity index (χ0) is 14.3. The zero-order valence-corrected chi connectivity index (χ0v) is 14.0. The Morgan fingerprint density at radius 2 is 1.84 bits per heavy atom. The molecule has 0 radical (unpaired) electrons. The van der Waals surface area contributed by atoms with Crippen molar-refractivity contribution in [2.45, 2.75) is 46.3 Å². The van der Waals surface area contributed by atoms with E-state index in [9.17, 15) is 0 Å². The van der Waals surface area contributed by atoms with Crippen molar-refractivity contribution in [3.8, 4) is 0 Å². The highest BCUT2D eigenvalue weighted by Crippen LogP contribution is 2.26. The summed E-state index contributed by atoms with van der Waals surface area (Å²) >= 11 is 3.62. The Balaban J connectivity index is 2.66. The van der Waals surface area contributed by atoms with Gasteiger partial charge in [-0.25, -0.2) is 0 Å². The molecule has 1 unspecified atom stereocenters. The lowest BCUT2D eigenvalue weighted by Gasteiger charge is -2.22. The molecule has 0 aliphatic carbocycles. The second-order valence-electron chi connectivity index (χ2n) is 5.63. The molecule has 1 atom stereocenters. The Kier molecular flexibility index (Phi) is 7.66. The van der Waals surface area contributed by atoms with Crippen molar-refractivity contribution in [2.75, 3.05) is 13.2 Å². The summed E-state index contributed by atoms with van der Waals surface area (Å²) in [6.45, 7) is 10.4. The first-order valence-corrected chi connectivity index (χ1v) is 7.89. The maximum absolute atomic E-state index is 6.08. The van der Waals surface area contributed by atoms with E-state index in [4.69, 9.17) is 4.74 Å². The highest BCUT2D eigenvalue weighted by molar-refractivity contribution is 9.10. The van der Waals surface area contributed by atoms with Gasteiger partial charge in [-0.3, -0.25) is 0 Å². The van der Waals surface area contributed by atoms with Crippen molar-refractivity contribution in [1.29, 1.82) is 0 Å². The maximum Gasteiger partial charge on any atom is 0.0960 e. The molecule has 1 aromatic rings. The Labute approximate surface area is 126 Å². The van der Waals surface area contributed by atoms with Crippen LogP contribution in [0, 0.1) is 5.92 Å². The van der Waals surface area contributed by atoms with E-state index in [1.807, 2.05) is 6.07 Å². The van der Waals surface area contributed by atoms with Gasteiger partial charge in [0.2, 0.25) is 0 Å². The molecule has 108 valence electrons. The molecule has 0 aliphatic rings. The van der Waals surface area contributed by atoms with E-state index < -0.39 is 0 Å². The molecule has 0 aliphatic heterocycles. The molecule has 0 heterocycles. The van der Waals surface area contributed by atoms with Crippen LogP contribution in [0.1, 0.15) is 45.8 Å². The molecule has 1 aromatic carbocycles. The fraction of sp³-hybridized carbons (Fsp3) is 0.625. The Morgan fingerprint density at radius 3 is 2.42 bits per heavy atom. The summed E-state index contributed by atoms with van der Waals surface area (Å²) in [4.78, 5) is 0. The van der Waals surface area contributed by atoms with Gasteiger partial charge in [-0.15, -0.1) is 0 Å². The van der Waals surface area contributed by atoms with Crippen LogP contribution in [0.2, 0.25) is 0 Å². The third-order valence-electron chi connectivity index (χ3n) is 2.98. The van der Waals surface area contributed by atoms with E-state index in [0.29, 0.717) is 12.0 Å². The lowest BCUT2D eigenvalue weighted by molar-refractivity contribution is 0.0441. The van der Waals surface area contributed by atoms with E-state index in [1.54, 1.807) is 0 Å². The molecule has 0 spiro atoms. The monoisotopic (exact) mass is 327 g/mol. The van der Waals surface area contributed by atoms with E-state index in [1.165, 1.54) is 5.56 Å². The van der Waals surface area contributed by atoms with Crippen molar-refractivity contribution in [2.24, 2.45) is 5.92 Å². The summed E-state index contributed by atoms with van der Waals surface area (Å²) in [5, 5.41) is 3.46. The molecular formula is C16H26BrNO. The SMILES string of the molecule is CC(C)CCOC(CNC(C)C)c1ccccc1Br. The number of halogens is 1. The van der Waals surface area contributed by atoms with Crippen LogP contribution >= 0.6 is 15.9 Å². The van der Waals surface area contributed by atoms with Crippen molar-refractivity contribution < 1.29 is 4.74 Å². The molecule has 0 fully saturated rings. The molecular weight excluding hydrogens is 302 g/mol. The van der Waals surface area contributed by atoms with Crippen molar-refractivity contribution in [3.63, 3.8) is 0 Å². The first kappa shape index (κ1) is 16.7. The fourth-order valence-electron chi connectivity index (χ4n) is 1.78. The first-order valence-electron chi connectivity index (χ1n) is 7.10. The average Bonchev–Trinajstić information content (AvgIpc) is 2.34. The second-order valence-corrected chi connectivity index (χ2v) is 6.48. The van der Waals surface area contributed by atoms with E-state index in [0.717, 1.165) is 24.0 Å². The van der Waals surface area contributed by atoms with Crippen LogP contribution in [-0.2, 0) is 4.74 Å². The van der Waals surface area contributed by atoms with Gasteiger partial charge in [-0.05, 0) is 24.0 Å². The lowest BCUT2D eigenvalue weighted by atomic mass is 10.1. The number of hydrogen-bond donors (Lipinski definition) is 1. The number of ether oxygens (including phenoxy) is 1. The van der Waals surface area contributed by atoms with Crippen LogP contribution < -0.4 is 5.32 Å². The first-order chi connectivity index (χ1) is 9.00. The molecule has 2 nitrogen and oxygen atoms in total. The van der Waals surface area contributed by atoms with Gasteiger partial charge in [-0.2, -0.15) is 0 Å². The summed E-state index contributed by atoms with van der Waals surface area (Å²) in [6.07, 6.45) is 1.21. The zero-order valence-electron chi connectivity index (χ0n) is 12.4. The smallest absolute Gasteiger partial charge is 0.0960 e. The van der Waals surface area contributed by atoms with Crippen molar-refractivity contribution in [1.82, 2.24) is 5.32 Å². The third kappa shape index (κ3) is 6.55. The molecule has 1 rings (SSSR count). The normalized spacial score (nSPS) is 13.2. The highest BCUT2D eigenvalue weighted by Gasteiger charge is 2.15. The summed E-state index contributed by atoms with van der Waals surface area (Å²) in [5.41, 5.74) is 1.22. The molecule has 19 heavy (non-hydrogen) atoms. The van der Waals surface area contributed by atoms with Crippen LogP contribution in [0.3, 0.4) is 0 Å². The van der Waals surface area contributed by atoms with Crippen LogP contribution in [-0.4, -0.2) is 19.2 Å². The Morgan fingerprint density at radius 1 is 1.16 bits per heavy atom. The molecule has 0 amide bonds. The summed E-state index contributed by atoms with van der Waals surface area (Å²) in [5.74, 6) is 0.679. The Hall–Kier alpha value is -0.380. The molecule has 0 bridgehead atoms. The van der Waals surface area contributed by atoms with Crippen LogP contribution in [0.4, 0.5) is 0 Å². The van der Waals surface area contributed by atoms with E-state index in [-0.39, 0.29) is 6.10 Å². The van der Waals surface area contributed by atoms with Gasteiger partial charge in [0.1, 0.15) is 0 Å². The van der Waals surface area contributed by atoms with E-state index >= 15 is 0 Å². The lowest BCUT2D eigenvalue weighted by Crippen LogP contribution is -2.29. The molecule has 1 N–H and O–H groups in total. The predicted octanol–water partition coefficient (Wildman–Crippen LogP) is 4.55. The van der Waals surface area contributed by atoms with Gasteiger partial charge in [0.05, 0.1) is 6.10 Å². The van der Waals surface area contributed by atoms with Crippen LogP contribution in [0.25, 0.3) is 0 Å². The maximum atomic E-state index is 6.08. The van der Waals surface area contributed by atoms with Gasteiger partial charge >= 0.3 is 0 Å².